The van der Waals surface area contributed by atoms with Crippen LogP contribution in [0.1, 0.15) is 29.6 Å². The second-order valence-corrected chi connectivity index (χ2v) is 6.16. The SMILES string of the molecule is CCc1nc(N2CCc3ccccc3C2)c2c(n1)c(C)nn2C. The van der Waals surface area contributed by atoms with Crippen molar-refractivity contribution in [1.82, 2.24) is 19.7 Å². The minimum Gasteiger partial charge on any atom is -0.350 e. The van der Waals surface area contributed by atoms with E-state index in [9.17, 15) is 0 Å². The Kier molecular flexibility index (Phi) is 3.29. The fraction of sp³-hybridized carbons (Fsp3) is 0.389. The van der Waals surface area contributed by atoms with Gasteiger partial charge in [0.15, 0.2) is 5.82 Å². The van der Waals surface area contributed by atoms with E-state index in [-0.39, 0.29) is 0 Å². The van der Waals surface area contributed by atoms with Crippen LogP contribution in [0.2, 0.25) is 0 Å². The molecule has 0 fully saturated rings. The highest BCUT2D eigenvalue weighted by molar-refractivity contribution is 5.88. The van der Waals surface area contributed by atoms with Gasteiger partial charge < -0.3 is 4.90 Å². The molecular weight excluding hydrogens is 286 g/mol. The number of rotatable bonds is 2. The standard InChI is InChI=1S/C18H21N5/c1-4-15-19-16-12(2)21-22(3)17(16)18(20-15)23-10-9-13-7-5-6-8-14(13)11-23/h5-8H,4,9-11H2,1-3H3. The summed E-state index contributed by atoms with van der Waals surface area (Å²) in [5.41, 5.74) is 5.83. The Labute approximate surface area is 136 Å². The maximum atomic E-state index is 4.84. The van der Waals surface area contributed by atoms with Crippen LogP contribution < -0.4 is 4.90 Å². The molecule has 118 valence electrons. The summed E-state index contributed by atoms with van der Waals surface area (Å²) in [4.78, 5) is 11.9. The molecule has 0 saturated heterocycles. The van der Waals surface area contributed by atoms with E-state index >= 15 is 0 Å². The Balaban J connectivity index is 1.86. The van der Waals surface area contributed by atoms with Gasteiger partial charge in [0.2, 0.25) is 0 Å². The molecule has 0 atom stereocenters. The van der Waals surface area contributed by atoms with Crippen LogP contribution in [-0.4, -0.2) is 26.3 Å². The van der Waals surface area contributed by atoms with Crippen molar-refractivity contribution < 1.29 is 0 Å². The molecular formula is C18H21N5. The van der Waals surface area contributed by atoms with E-state index in [1.807, 2.05) is 18.7 Å². The topological polar surface area (TPSA) is 46.8 Å². The molecule has 3 aromatic rings. The van der Waals surface area contributed by atoms with Crippen molar-refractivity contribution in [2.75, 3.05) is 11.4 Å². The van der Waals surface area contributed by atoms with Crippen molar-refractivity contribution in [3.05, 3.63) is 46.9 Å². The van der Waals surface area contributed by atoms with Gasteiger partial charge in [0.25, 0.3) is 0 Å². The van der Waals surface area contributed by atoms with E-state index in [0.717, 1.165) is 54.3 Å². The lowest BCUT2D eigenvalue weighted by Crippen LogP contribution is -2.31. The van der Waals surface area contributed by atoms with Crippen LogP contribution in [0.4, 0.5) is 5.82 Å². The van der Waals surface area contributed by atoms with Gasteiger partial charge in [-0.15, -0.1) is 0 Å². The molecule has 0 bridgehead atoms. The number of aromatic nitrogens is 4. The van der Waals surface area contributed by atoms with Crippen LogP contribution in [0.5, 0.6) is 0 Å². The van der Waals surface area contributed by atoms with Crippen LogP contribution >= 0.6 is 0 Å². The smallest absolute Gasteiger partial charge is 0.158 e. The highest BCUT2D eigenvalue weighted by atomic mass is 15.3. The summed E-state index contributed by atoms with van der Waals surface area (Å²) >= 11 is 0. The third-order valence-corrected chi connectivity index (χ3v) is 4.62. The highest BCUT2D eigenvalue weighted by Crippen LogP contribution is 2.29. The monoisotopic (exact) mass is 307 g/mol. The first-order chi connectivity index (χ1) is 11.2. The molecule has 0 aliphatic carbocycles. The van der Waals surface area contributed by atoms with Crippen LogP contribution in [-0.2, 0) is 26.4 Å². The Hall–Kier alpha value is -2.43. The average molecular weight is 307 g/mol. The lowest BCUT2D eigenvalue weighted by molar-refractivity contribution is 0.711. The molecule has 0 amide bonds. The molecule has 3 heterocycles. The molecule has 0 unspecified atom stereocenters. The minimum absolute atomic E-state index is 0.835. The zero-order valence-electron chi connectivity index (χ0n) is 13.9. The summed E-state index contributed by atoms with van der Waals surface area (Å²) < 4.78 is 1.92. The molecule has 5 nitrogen and oxygen atoms in total. The summed E-state index contributed by atoms with van der Waals surface area (Å²) in [5, 5.41) is 4.55. The molecule has 0 N–H and O–H groups in total. The van der Waals surface area contributed by atoms with Crippen molar-refractivity contribution in [1.29, 1.82) is 0 Å². The molecule has 1 aliphatic rings. The number of benzene rings is 1. The second-order valence-electron chi connectivity index (χ2n) is 6.16. The van der Waals surface area contributed by atoms with Gasteiger partial charge in [-0.1, -0.05) is 31.2 Å². The summed E-state index contributed by atoms with van der Waals surface area (Å²) in [7, 11) is 1.98. The quantitative estimate of drug-likeness (QED) is 0.730. The number of fused-ring (bicyclic) bond motifs is 2. The Bertz CT molecular complexity index is 880. The van der Waals surface area contributed by atoms with Crippen molar-refractivity contribution in [2.45, 2.75) is 33.2 Å². The van der Waals surface area contributed by atoms with Crippen molar-refractivity contribution >= 4 is 16.9 Å². The van der Waals surface area contributed by atoms with Gasteiger partial charge in [-0.2, -0.15) is 5.10 Å². The van der Waals surface area contributed by atoms with Gasteiger partial charge in [-0.3, -0.25) is 4.68 Å². The van der Waals surface area contributed by atoms with E-state index in [2.05, 4.69) is 41.2 Å². The Morgan fingerprint density at radius 2 is 1.91 bits per heavy atom. The first kappa shape index (κ1) is 14.2. The molecule has 1 aliphatic heterocycles. The average Bonchev–Trinajstić information content (AvgIpc) is 2.88. The summed E-state index contributed by atoms with van der Waals surface area (Å²) in [6, 6.07) is 8.68. The second kappa shape index (κ2) is 5.33. The number of nitrogens with zero attached hydrogens (tertiary/aromatic N) is 5. The van der Waals surface area contributed by atoms with Crippen LogP contribution in [0.15, 0.2) is 24.3 Å². The molecule has 4 rings (SSSR count). The molecule has 2 aromatic heterocycles. The Morgan fingerprint density at radius 1 is 1.13 bits per heavy atom. The predicted octanol–water partition coefficient (Wildman–Crippen LogP) is 2.80. The maximum absolute atomic E-state index is 4.84. The minimum atomic E-state index is 0.835. The van der Waals surface area contributed by atoms with Gasteiger partial charge >= 0.3 is 0 Å². The number of anilines is 1. The first-order valence-corrected chi connectivity index (χ1v) is 8.19. The van der Waals surface area contributed by atoms with Gasteiger partial charge in [-0.05, 0) is 24.5 Å². The molecule has 0 spiro atoms. The third-order valence-electron chi connectivity index (χ3n) is 4.62. The van der Waals surface area contributed by atoms with Gasteiger partial charge in [-0.25, -0.2) is 9.97 Å². The lowest BCUT2D eigenvalue weighted by atomic mass is 10.00. The predicted molar refractivity (Wildman–Crippen MR) is 91.6 cm³/mol. The first-order valence-electron chi connectivity index (χ1n) is 8.19. The van der Waals surface area contributed by atoms with Crippen molar-refractivity contribution in [3.8, 4) is 0 Å². The van der Waals surface area contributed by atoms with Gasteiger partial charge in [0.1, 0.15) is 16.9 Å². The zero-order chi connectivity index (χ0) is 16.0. The Morgan fingerprint density at radius 3 is 2.70 bits per heavy atom. The van der Waals surface area contributed by atoms with E-state index in [0.29, 0.717) is 0 Å². The van der Waals surface area contributed by atoms with Gasteiger partial charge in [0, 0.05) is 26.6 Å². The van der Waals surface area contributed by atoms with E-state index in [1.54, 1.807) is 0 Å². The zero-order valence-corrected chi connectivity index (χ0v) is 13.9. The number of aryl methyl sites for hydroxylation is 3. The van der Waals surface area contributed by atoms with E-state index < -0.39 is 0 Å². The molecule has 1 aromatic carbocycles. The highest BCUT2D eigenvalue weighted by Gasteiger charge is 2.22. The van der Waals surface area contributed by atoms with Crippen molar-refractivity contribution in [2.24, 2.45) is 7.05 Å². The number of hydrogen-bond acceptors (Lipinski definition) is 4. The fourth-order valence-corrected chi connectivity index (χ4v) is 3.42. The largest absolute Gasteiger partial charge is 0.350 e. The van der Waals surface area contributed by atoms with Crippen LogP contribution in [0, 0.1) is 6.92 Å². The summed E-state index contributed by atoms with van der Waals surface area (Å²) in [6.07, 6.45) is 1.89. The molecule has 23 heavy (non-hydrogen) atoms. The maximum Gasteiger partial charge on any atom is 0.158 e. The number of hydrogen-bond donors (Lipinski definition) is 0. The van der Waals surface area contributed by atoms with Crippen molar-refractivity contribution in [3.63, 3.8) is 0 Å². The molecule has 0 saturated carbocycles. The van der Waals surface area contributed by atoms with E-state index in [4.69, 9.17) is 9.97 Å². The van der Waals surface area contributed by atoms with Crippen LogP contribution in [0.3, 0.4) is 0 Å². The van der Waals surface area contributed by atoms with E-state index in [1.165, 1.54) is 11.1 Å². The lowest BCUT2D eigenvalue weighted by Gasteiger charge is -2.30. The van der Waals surface area contributed by atoms with Crippen LogP contribution in [0.25, 0.3) is 11.0 Å². The molecule has 0 radical (unpaired) electrons. The fourth-order valence-electron chi connectivity index (χ4n) is 3.42. The summed E-state index contributed by atoms with van der Waals surface area (Å²) in [5.74, 6) is 1.91. The third kappa shape index (κ3) is 2.27. The summed E-state index contributed by atoms with van der Waals surface area (Å²) in [6.45, 7) is 6.00. The normalized spacial score (nSPS) is 14.3. The molecule has 5 heteroatoms. The van der Waals surface area contributed by atoms with Gasteiger partial charge in [0.05, 0.1) is 5.69 Å².